The fourth-order valence-corrected chi connectivity index (χ4v) is 1.67. The van der Waals surface area contributed by atoms with Crippen LogP contribution in [-0.2, 0) is 4.79 Å². The zero-order chi connectivity index (χ0) is 13.3. The fourth-order valence-electron chi connectivity index (χ4n) is 1.47. The molecule has 1 heterocycles. The number of nitrogens with zero attached hydrogens (tertiary/aromatic N) is 1. The maximum Gasteiger partial charge on any atom is 0.343 e. The number of imide groups is 1. The predicted octanol–water partition coefficient (Wildman–Crippen LogP) is 0.599. The minimum atomic E-state index is -1.20. The van der Waals surface area contributed by atoms with Gasteiger partial charge < -0.3 is 5.11 Å². The largest absolute Gasteiger partial charge is 0.478 e. The Balaban J connectivity index is 2.34. The molecule has 7 nitrogen and oxygen atoms in total. The van der Waals surface area contributed by atoms with Crippen molar-refractivity contribution in [3.63, 3.8) is 0 Å². The highest BCUT2D eigenvalue weighted by molar-refractivity contribution is 6.33. The molecule has 0 unspecified atom stereocenters. The van der Waals surface area contributed by atoms with Gasteiger partial charge >= 0.3 is 12.0 Å². The molecule has 0 radical (unpaired) electrons. The molecule has 0 bridgehead atoms. The van der Waals surface area contributed by atoms with Gasteiger partial charge in [-0.15, -0.1) is 0 Å². The minimum Gasteiger partial charge on any atom is -0.478 e. The monoisotopic (exact) mass is 269 g/mol. The third-order valence-electron chi connectivity index (χ3n) is 2.29. The first kappa shape index (κ1) is 12.3. The second-order valence-electron chi connectivity index (χ2n) is 3.49. The van der Waals surface area contributed by atoms with Gasteiger partial charge in [0, 0.05) is 0 Å². The van der Waals surface area contributed by atoms with Crippen LogP contribution in [0.15, 0.2) is 18.2 Å². The summed E-state index contributed by atoms with van der Waals surface area (Å²) in [4.78, 5) is 33.4. The molecule has 0 atom stereocenters. The summed E-state index contributed by atoms with van der Waals surface area (Å²) in [6, 6.07) is 3.40. The Morgan fingerprint density at radius 3 is 2.72 bits per heavy atom. The first-order valence-corrected chi connectivity index (χ1v) is 5.27. The number of amides is 3. The highest BCUT2D eigenvalue weighted by Gasteiger charge is 2.25. The van der Waals surface area contributed by atoms with Crippen molar-refractivity contribution in [3.05, 3.63) is 28.8 Å². The molecule has 1 aliphatic heterocycles. The van der Waals surface area contributed by atoms with Gasteiger partial charge in [-0.25, -0.2) is 20.0 Å². The molecule has 2 rings (SSSR count). The standard InChI is InChI=1S/C10H8ClN3O4/c11-7-2-1-5(3-6(7)9(16)17)14-10(18)13-8(15)4-12-14/h1-3,12H,4H2,(H,16,17)(H,13,15,18). The number of anilines is 1. The number of hydrazine groups is 1. The zero-order valence-electron chi connectivity index (χ0n) is 8.94. The molecule has 0 saturated carbocycles. The normalized spacial score (nSPS) is 15.5. The number of hydrogen-bond donors (Lipinski definition) is 3. The lowest BCUT2D eigenvalue weighted by Crippen LogP contribution is -2.59. The average Bonchev–Trinajstić information content (AvgIpc) is 2.30. The van der Waals surface area contributed by atoms with E-state index in [9.17, 15) is 14.4 Å². The van der Waals surface area contributed by atoms with Crippen LogP contribution in [0.3, 0.4) is 0 Å². The van der Waals surface area contributed by atoms with Crippen LogP contribution >= 0.6 is 11.6 Å². The van der Waals surface area contributed by atoms with Gasteiger partial charge in [-0.2, -0.15) is 0 Å². The van der Waals surface area contributed by atoms with Gasteiger partial charge in [0.15, 0.2) is 0 Å². The molecular formula is C10H8ClN3O4. The lowest BCUT2D eigenvalue weighted by atomic mass is 10.2. The molecule has 94 valence electrons. The quantitative estimate of drug-likeness (QED) is 0.730. The van der Waals surface area contributed by atoms with E-state index in [0.717, 1.165) is 5.01 Å². The van der Waals surface area contributed by atoms with Gasteiger partial charge in [-0.05, 0) is 18.2 Å². The number of nitrogens with one attached hydrogen (secondary N) is 2. The Bertz CT molecular complexity index is 546. The zero-order valence-corrected chi connectivity index (χ0v) is 9.69. The highest BCUT2D eigenvalue weighted by Crippen LogP contribution is 2.23. The van der Waals surface area contributed by atoms with Crippen LogP contribution in [0.25, 0.3) is 0 Å². The molecular weight excluding hydrogens is 262 g/mol. The van der Waals surface area contributed by atoms with E-state index in [1.807, 2.05) is 0 Å². The van der Waals surface area contributed by atoms with Gasteiger partial charge in [0.25, 0.3) is 0 Å². The summed E-state index contributed by atoms with van der Waals surface area (Å²) < 4.78 is 0. The average molecular weight is 270 g/mol. The van der Waals surface area contributed by atoms with E-state index in [4.69, 9.17) is 16.7 Å². The molecule has 1 aliphatic rings. The number of carbonyl (C=O) groups excluding carboxylic acids is 2. The second kappa shape index (κ2) is 4.63. The summed E-state index contributed by atoms with van der Waals surface area (Å²) >= 11 is 5.72. The number of carboxylic acid groups (broad SMARTS) is 1. The van der Waals surface area contributed by atoms with Crippen LogP contribution in [0.4, 0.5) is 10.5 Å². The Kier molecular flexibility index (Phi) is 3.17. The first-order valence-electron chi connectivity index (χ1n) is 4.89. The highest BCUT2D eigenvalue weighted by atomic mass is 35.5. The number of hydrogen-bond acceptors (Lipinski definition) is 4. The number of halogens is 1. The van der Waals surface area contributed by atoms with E-state index in [-0.39, 0.29) is 22.8 Å². The van der Waals surface area contributed by atoms with Crippen molar-refractivity contribution in [3.8, 4) is 0 Å². The summed E-state index contributed by atoms with van der Waals surface area (Å²) in [6.45, 7) is -0.0726. The van der Waals surface area contributed by atoms with Crippen LogP contribution in [0.1, 0.15) is 10.4 Å². The van der Waals surface area contributed by atoms with Crippen molar-refractivity contribution in [2.75, 3.05) is 11.6 Å². The molecule has 18 heavy (non-hydrogen) atoms. The number of carboxylic acids is 1. The Labute approximate surface area is 106 Å². The summed E-state index contributed by atoms with van der Waals surface area (Å²) in [7, 11) is 0. The fraction of sp³-hybridized carbons (Fsp3) is 0.100. The lowest BCUT2D eigenvalue weighted by Gasteiger charge is -2.27. The van der Waals surface area contributed by atoms with Crippen LogP contribution in [0.5, 0.6) is 0 Å². The van der Waals surface area contributed by atoms with E-state index in [1.54, 1.807) is 0 Å². The van der Waals surface area contributed by atoms with E-state index < -0.39 is 17.9 Å². The molecule has 0 aromatic heterocycles. The Morgan fingerprint density at radius 2 is 2.11 bits per heavy atom. The van der Waals surface area contributed by atoms with Gasteiger partial charge in [-0.3, -0.25) is 10.1 Å². The summed E-state index contributed by atoms with van der Waals surface area (Å²) in [5.41, 5.74) is 2.71. The smallest absolute Gasteiger partial charge is 0.343 e. The van der Waals surface area contributed by atoms with Crippen molar-refractivity contribution >= 4 is 35.2 Å². The van der Waals surface area contributed by atoms with E-state index in [2.05, 4.69) is 10.7 Å². The van der Waals surface area contributed by atoms with Crippen LogP contribution in [0, 0.1) is 0 Å². The maximum absolute atomic E-state index is 11.5. The van der Waals surface area contributed by atoms with Crippen LogP contribution in [0.2, 0.25) is 5.02 Å². The van der Waals surface area contributed by atoms with Crippen LogP contribution in [-0.4, -0.2) is 29.6 Å². The SMILES string of the molecule is O=C1CNN(c2ccc(Cl)c(C(=O)O)c2)C(=O)N1. The predicted molar refractivity (Wildman–Crippen MR) is 62.4 cm³/mol. The number of rotatable bonds is 2. The van der Waals surface area contributed by atoms with Gasteiger partial charge in [0.1, 0.15) is 0 Å². The number of aromatic carboxylic acids is 1. The molecule has 0 aliphatic carbocycles. The molecule has 1 fully saturated rings. The summed E-state index contributed by atoms with van der Waals surface area (Å²) in [5, 5.41) is 12.1. The van der Waals surface area contributed by atoms with E-state index in [1.165, 1.54) is 18.2 Å². The summed E-state index contributed by atoms with van der Waals surface area (Å²) in [6.07, 6.45) is 0. The number of urea groups is 1. The summed E-state index contributed by atoms with van der Waals surface area (Å²) in [5.74, 6) is -1.65. The molecule has 3 amide bonds. The van der Waals surface area contributed by atoms with Crippen molar-refractivity contribution in [2.45, 2.75) is 0 Å². The number of carbonyl (C=O) groups is 3. The molecule has 1 aromatic rings. The van der Waals surface area contributed by atoms with Gasteiger partial charge in [0.2, 0.25) is 5.91 Å². The van der Waals surface area contributed by atoms with E-state index >= 15 is 0 Å². The van der Waals surface area contributed by atoms with Gasteiger partial charge in [0.05, 0.1) is 22.8 Å². The first-order chi connectivity index (χ1) is 8.49. The third-order valence-corrected chi connectivity index (χ3v) is 2.62. The van der Waals surface area contributed by atoms with E-state index in [0.29, 0.717) is 0 Å². The Hall–Kier alpha value is -2.12. The minimum absolute atomic E-state index is 0.0692. The Morgan fingerprint density at radius 1 is 1.39 bits per heavy atom. The molecule has 0 spiro atoms. The van der Waals surface area contributed by atoms with Crippen molar-refractivity contribution in [1.82, 2.24) is 10.7 Å². The lowest BCUT2D eigenvalue weighted by molar-refractivity contribution is -0.119. The third kappa shape index (κ3) is 2.27. The number of benzene rings is 1. The van der Waals surface area contributed by atoms with Gasteiger partial charge in [-0.1, -0.05) is 11.6 Å². The molecule has 8 heteroatoms. The molecule has 1 saturated heterocycles. The van der Waals surface area contributed by atoms with Crippen molar-refractivity contribution in [2.24, 2.45) is 0 Å². The molecule has 1 aromatic carbocycles. The van der Waals surface area contributed by atoms with Crippen LogP contribution < -0.4 is 15.8 Å². The van der Waals surface area contributed by atoms with Crippen molar-refractivity contribution < 1.29 is 19.5 Å². The second-order valence-corrected chi connectivity index (χ2v) is 3.90. The van der Waals surface area contributed by atoms with Crippen molar-refractivity contribution in [1.29, 1.82) is 0 Å². The maximum atomic E-state index is 11.5. The molecule has 3 N–H and O–H groups in total. The topological polar surface area (TPSA) is 98.7 Å².